The number of aliphatic carboxylic acids is 1. The first-order chi connectivity index (χ1) is 8.02. The lowest BCUT2D eigenvalue weighted by Gasteiger charge is -2.18. The maximum absolute atomic E-state index is 11.1. The number of aromatic nitrogens is 2. The molecule has 7 nitrogen and oxygen atoms in total. The smallest absolute Gasteiger partial charge is 0.303 e. The molecule has 1 amide bonds. The van der Waals surface area contributed by atoms with Crippen molar-refractivity contribution in [3.05, 3.63) is 18.1 Å². The molecule has 0 spiro atoms. The average Bonchev–Trinajstić information content (AvgIpc) is 2.28. The monoisotopic (exact) mass is 238 g/mol. The molecule has 92 valence electrons. The number of carboxylic acids is 1. The normalized spacial score (nSPS) is 9.94. The Labute approximate surface area is 98.3 Å². The second-order valence-electron chi connectivity index (χ2n) is 3.51. The Morgan fingerprint density at radius 1 is 1.41 bits per heavy atom. The molecule has 0 unspecified atom stereocenters. The minimum atomic E-state index is -0.854. The number of nitrogens with two attached hydrogens (primary N) is 1. The number of anilines is 1. The van der Waals surface area contributed by atoms with Crippen LogP contribution in [0.2, 0.25) is 0 Å². The van der Waals surface area contributed by atoms with Crippen molar-refractivity contribution in [2.45, 2.75) is 12.8 Å². The summed E-state index contributed by atoms with van der Waals surface area (Å²) in [5.74, 6) is -1.14. The highest BCUT2D eigenvalue weighted by molar-refractivity contribution is 5.95. The molecule has 0 aliphatic rings. The summed E-state index contributed by atoms with van der Waals surface area (Å²) in [4.78, 5) is 31.0. The lowest BCUT2D eigenvalue weighted by atomic mass is 10.3. The lowest BCUT2D eigenvalue weighted by Crippen LogP contribution is -2.25. The van der Waals surface area contributed by atoms with Gasteiger partial charge in [-0.3, -0.25) is 9.59 Å². The van der Waals surface area contributed by atoms with Gasteiger partial charge >= 0.3 is 5.97 Å². The molecule has 17 heavy (non-hydrogen) atoms. The first-order valence-electron chi connectivity index (χ1n) is 5.06. The number of amides is 1. The average molecular weight is 238 g/mol. The lowest BCUT2D eigenvalue weighted by molar-refractivity contribution is -0.137. The summed E-state index contributed by atoms with van der Waals surface area (Å²) in [5, 5.41) is 8.52. The number of carbonyl (C=O) groups excluding carboxylic acids is 1. The number of hydrogen-bond donors (Lipinski definition) is 2. The van der Waals surface area contributed by atoms with Gasteiger partial charge in [0.05, 0.1) is 0 Å². The number of carbonyl (C=O) groups is 2. The van der Waals surface area contributed by atoms with Crippen molar-refractivity contribution >= 4 is 17.7 Å². The molecule has 0 aromatic carbocycles. The molecule has 1 rings (SSSR count). The Kier molecular flexibility index (Phi) is 4.38. The Balaban J connectivity index is 2.71. The number of rotatable bonds is 6. The van der Waals surface area contributed by atoms with Crippen molar-refractivity contribution in [1.29, 1.82) is 0 Å². The Hall–Kier alpha value is -2.18. The van der Waals surface area contributed by atoms with Crippen molar-refractivity contribution in [2.24, 2.45) is 5.73 Å². The molecule has 0 aliphatic carbocycles. The molecule has 0 bridgehead atoms. The molecule has 0 fully saturated rings. The second-order valence-corrected chi connectivity index (χ2v) is 3.51. The molecule has 0 atom stereocenters. The van der Waals surface area contributed by atoms with Crippen LogP contribution in [0.1, 0.15) is 23.3 Å². The summed E-state index contributed by atoms with van der Waals surface area (Å²) < 4.78 is 0. The van der Waals surface area contributed by atoms with Gasteiger partial charge in [-0.2, -0.15) is 0 Å². The topological polar surface area (TPSA) is 109 Å². The zero-order valence-electron chi connectivity index (χ0n) is 9.46. The summed E-state index contributed by atoms with van der Waals surface area (Å²) in [6.07, 6.45) is 3.36. The van der Waals surface area contributed by atoms with Gasteiger partial charge in [0, 0.05) is 32.4 Å². The van der Waals surface area contributed by atoms with Crippen LogP contribution in [0, 0.1) is 0 Å². The van der Waals surface area contributed by atoms with E-state index in [9.17, 15) is 9.59 Å². The van der Waals surface area contributed by atoms with E-state index in [0.29, 0.717) is 18.8 Å². The Morgan fingerprint density at radius 2 is 2.06 bits per heavy atom. The van der Waals surface area contributed by atoms with Crippen molar-refractivity contribution in [1.82, 2.24) is 9.97 Å². The molecule has 0 saturated carbocycles. The molecule has 1 aromatic heterocycles. The highest BCUT2D eigenvalue weighted by Gasteiger charge is 2.14. The van der Waals surface area contributed by atoms with Gasteiger partial charge in [-0.15, -0.1) is 0 Å². The van der Waals surface area contributed by atoms with E-state index in [1.165, 1.54) is 12.4 Å². The Morgan fingerprint density at radius 3 is 2.65 bits per heavy atom. The van der Waals surface area contributed by atoms with E-state index in [1.54, 1.807) is 11.9 Å². The summed E-state index contributed by atoms with van der Waals surface area (Å²) in [6, 6.07) is 0. The number of nitrogens with zero attached hydrogens (tertiary/aromatic N) is 3. The van der Waals surface area contributed by atoms with Gasteiger partial charge in [0.25, 0.3) is 5.91 Å². The third kappa shape index (κ3) is 3.71. The minimum Gasteiger partial charge on any atom is -0.481 e. The zero-order chi connectivity index (χ0) is 12.8. The summed E-state index contributed by atoms with van der Waals surface area (Å²) >= 11 is 0. The van der Waals surface area contributed by atoms with E-state index in [1.807, 2.05) is 0 Å². The van der Waals surface area contributed by atoms with Crippen LogP contribution in [0.3, 0.4) is 0 Å². The molecule has 1 heterocycles. The van der Waals surface area contributed by atoms with Gasteiger partial charge in [-0.05, 0) is 6.42 Å². The Bertz CT molecular complexity index is 422. The summed E-state index contributed by atoms with van der Waals surface area (Å²) in [6.45, 7) is 0.464. The third-order valence-corrected chi connectivity index (χ3v) is 2.16. The molecule has 0 saturated heterocycles. The third-order valence-electron chi connectivity index (χ3n) is 2.16. The summed E-state index contributed by atoms with van der Waals surface area (Å²) in [5.41, 5.74) is 5.26. The van der Waals surface area contributed by atoms with Crippen molar-refractivity contribution in [2.75, 3.05) is 18.5 Å². The molecule has 1 aromatic rings. The van der Waals surface area contributed by atoms with Crippen LogP contribution in [-0.2, 0) is 4.79 Å². The number of carboxylic acid groups (broad SMARTS) is 1. The fraction of sp³-hybridized carbons (Fsp3) is 0.400. The van der Waals surface area contributed by atoms with Crippen LogP contribution in [0.15, 0.2) is 12.4 Å². The number of primary amides is 1. The second kappa shape index (κ2) is 5.78. The van der Waals surface area contributed by atoms with Crippen LogP contribution in [0.4, 0.5) is 5.82 Å². The van der Waals surface area contributed by atoms with Gasteiger partial charge in [0.2, 0.25) is 0 Å². The van der Waals surface area contributed by atoms with Crippen molar-refractivity contribution in [3.63, 3.8) is 0 Å². The van der Waals surface area contributed by atoms with E-state index in [2.05, 4.69) is 9.97 Å². The first-order valence-corrected chi connectivity index (χ1v) is 5.06. The predicted octanol–water partition coefficient (Wildman–Crippen LogP) is -0.124. The van der Waals surface area contributed by atoms with Gasteiger partial charge in [-0.25, -0.2) is 9.97 Å². The van der Waals surface area contributed by atoms with Gasteiger partial charge in [-0.1, -0.05) is 0 Å². The van der Waals surface area contributed by atoms with Crippen molar-refractivity contribution in [3.8, 4) is 0 Å². The van der Waals surface area contributed by atoms with Crippen LogP contribution < -0.4 is 10.6 Å². The summed E-state index contributed by atoms with van der Waals surface area (Å²) in [7, 11) is 1.71. The van der Waals surface area contributed by atoms with Crippen LogP contribution in [-0.4, -0.2) is 40.5 Å². The van der Waals surface area contributed by atoms with Crippen LogP contribution in [0.25, 0.3) is 0 Å². The standard InChI is InChI=1S/C10H14N4O3/c1-14(6-2-3-7(15)16)10-8(9(11)17)12-4-5-13-10/h4-5H,2-3,6H2,1H3,(H2,11,17)(H,15,16). The molecule has 3 N–H and O–H groups in total. The fourth-order valence-electron chi connectivity index (χ4n) is 1.36. The first kappa shape index (κ1) is 12.9. The molecular weight excluding hydrogens is 224 g/mol. The maximum Gasteiger partial charge on any atom is 0.303 e. The van der Waals surface area contributed by atoms with E-state index < -0.39 is 11.9 Å². The maximum atomic E-state index is 11.1. The largest absolute Gasteiger partial charge is 0.481 e. The molecule has 0 radical (unpaired) electrons. The SMILES string of the molecule is CN(CCCC(=O)O)c1nccnc1C(N)=O. The van der Waals surface area contributed by atoms with E-state index in [0.717, 1.165) is 0 Å². The highest BCUT2D eigenvalue weighted by atomic mass is 16.4. The quantitative estimate of drug-likeness (QED) is 0.714. The number of hydrogen-bond acceptors (Lipinski definition) is 5. The van der Waals surface area contributed by atoms with Gasteiger partial charge in [0.1, 0.15) is 0 Å². The molecular formula is C10H14N4O3. The minimum absolute atomic E-state index is 0.0660. The molecule has 7 heteroatoms. The predicted molar refractivity (Wildman–Crippen MR) is 60.7 cm³/mol. The molecule has 0 aliphatic heterocycles. The van der Waals surface area contributed by atoms with Gasteiger partial charge in [0.15, 0.2) is 11.5 Å². The highest BCUT2D eigenvalue weighted by Crippen LogP contribution is 2.13. The van der Waals surface area contributed by atoms with Crippen molar-refractivity contribution < 1.29 is 14.7 Å². The van der Waals surface area contributed by atoms with Crippen LogP contribution in [0.5, 0.6) is 0 Å². The van der Waals surface area contributed by atoms with E-state index in [-0.39, 0.29) is 12.1 Å². The van der Waals surface area contributed by atoms with Gasteiger partial charge < -0.3 is 15.7 Å². The fourth-order valence-corrected chi connectivity index (χ4v) is 1.36. The van der Waals surface area contributed by atoms with Crippen LogP contribution >= 0.6 is 0 Å². The van der Waals surface area contributed by atoms with E-state index >= 15 is 0 Å². The zero-order valence-corrected chi connectivity index (χ0v) is 9.46. The van der Waals surface area contributed by atoms with E-state index in [4.69, 9.17) is 10.8 Å².